The lowest BCUT2D eigenvalue weighted by molar-refractivity contribution is -0.158. The summed E-state index contributed by atoms with van der Waals surface area (Å²) in [6, 6.07) is 2.72. The van der Waals surface area contributed by atoms with Crippen LogP contribution in [0.2, 0.25) is 5.02 Å². The molecule has 0 spiro atoms. The predicted octanol–water partition coefficient (Wildman–Crippen LogP) is 2.25. The zero-order valence-corrected chi connectivity index (χ0v) is 13.6. The first-order chi connectivity index (χ1) is 11.6. The lowest BCUT2D eigenvalue weighted by Crippen LogP contribution is -2.47. The van der Waals surface area contributed by atoms with E-state index in [4.69, 9.17) is 11.6 Å². The summed E-state index contributed by atoms with van der Waals surface area (Å²) in [6.07, 6.45) is -4.75. The molecule has 2 unspecified atom stereocenters. The van der Waals surface area contributed by atoms with Crippen molar-refractivity contribution < 1.29 is 18.3 Å². The average Bonchev–Trinajstić information content (AvgIpc) is 2.74. The van der Waals surface area contributed by atoms with Crippen molar-refractivity contribution in [2.45, 2.75) is 31.4 Å². The maximum absolute atomic E-state index is 13.0. The molecule has 134 valence electrons. The summed E-state index contributed by atoms with van der Waals surface area (Å²) in [4.78, 5) is 20.4. The van der Waals surface area contributed by atoms with Gasteiger partial charge in [-0.05, 0) is 19.1 Å². The third-order valence-electron chi connectivity index (χ3n) is 3.78. The molecule has 25 heavy (non-hydrogen) atoms. The number of fused-ring (bicyclic) bond motifs is 1. The van der Waals surface area contributed by atoms with Crippen molar-refractivity contribution in [1.82, 2.24) is 19.9 Å². The lowest BCUT2D eigenvalue weighted by Gasteiger charge is -2.29. The van der Waals surface area contributed by atoms with E-state index in [2.05, 4.69) is 20.6 Å². The van der Waals surface area contributed by atoms with Crippen molar-refractivity contribution in [3.05, 3.63) is 45.7 Å². The number of alkyl halides is 3. The summed E-state index contributed by atoms with van der Waals surface area (Å²) in [5.41, 5.74) is -2.84. The zero-order valence-electron chi connectivity index (χ0n) is 12.8. The number of nitrogens with one attached hydrogen (secondary N) is 2. The standard InChI is InChI=1S/C14H13ClF3N5O2/c1-13(5-14(16,17)18)22-11(24)10-7(15)4-8(12(25)23(10)13)21-9-2-3-19-6-20-9/h2-4,6,11,22,24H,5H2,1H3,(H,19,20,21). The van der Waals surface area contributed by atoms with Crippen molar-refractivity contribution in [1.29, 1.82) is 0 Å². The van der Waals surface area contributed by atoms with E-state index < -0.39 is 30.0 Å². The molecular formula is C14H13ClF3N5O2. The maximum atomic E-state index is 13.0. The number of hydrogen-bond donors (Lipinski definition) is 3. The van der Waals surface area contributed by atoms with Crippen LogP contribution < -0.4 is 16.2 Å². The van der Waals surface area contributed by atoms with Gasteiger partial charge in [0.2, 0.25) is 0 Å². The molecule has 7 nitrogen and oxygen atoms in total. The Kier molecular flexibility index (Phi) is 4.21. The molecule has 1 aliphatic rings. The second kappa shape index (κ2) is 5.97. The van der Waals surface area contributed by atoms with Crippen LogP contribution in [0.3, 0.4) is 0 Å². The molecule has 2 atom stereocenters. The molecule has 0 aromatic carbocycles. The quantitative estimate of drug-likeness (QED) is 0.762. The third kappa shape index (κ3) is 3.32. The monoisotopic (exact) mass is 375 g/mol. The fraction of sp³-hybridized carbons (Fsp3) is 0.357. The van der Waals surface area contributed by atoms with Crippen molar-refractivity contribution in [2.24, 2.45) is 0 Å². The van der Waals surface area contributed by atoms with Crippen LogP contribution >= 0.6 is 11.6 Å². The van der Waals surface area contributed by atoms with E-state index in [1.54, 1.807) is 0 Å². The van der Waals surface area contributed by atoms with Crippen LogP contribution in [0.5, 0.6) is 0 Å². The molecule has 0 aliphatic carbocycles. The van der Waals surface area contributed by atoms with Crippen LogP contribution in [-0.4, -0.2) is 25.8 Å². The molecular weight excluding hydrogens is 363 g/mol. The number of nitrogens with zero attached hydrogens (tertiary/aromatic N) is 3. The number of rotatable bonds is 3. The second-order valence-electron chi connectivity index (χ2n) is 5.76. The van der Waals surface area contributed by atoms with E-state index in [-0.39, 0.29) is 22.2 Å². The molecule has 0 amide bonds. The first-order valence-electron chi connectivity index (χ1n) is 7.12. The summed E-state index contributed by atoms with van der Waals surface area (Å²) in [5, 5.41) is 15.1. The predicted molar refractivity (Wildman–Crippen MR) is 83.4 cm³/mol. The Labute approximate surface area is 144 Å². The molecule has 3 N–H and O–H groups in total. The largest absolute Gasteiger partial charge is 0.392 e. The van der Waals surface area contributed by atoms with Crippen LogP contribution in [0.1, 0.15) is 25.3 Å². The van der Waals surface area contributed by atoms with Crippen molar-refractivity contribution in [2.75, 3.05) is 5.32 Å². The minimum Gasteiger partial charge on any atom is -0.373 e. The van der Waals surface area contributed by atoms with Gasteiger partial charge in [-0.15, -0.1) is 0 Å². The molecule has 0 saturated heterocycles. The highest BCUT2D eigenvalue weighted by Crippen LogP contribution is 2.39. The minimum absolute atomic E-state index is 0.0537. The smallest absolute Gasteiger partial charge is 0.373 e. The first kappa shape index (κ1) is 17.6. The van der Waals surface area contributed by atoms with E-state index in [9.17, 15) is 23.1 Å². The van der Waals surface area contributed by atoms with Gasteiger partial charge in [-0.1, -0.05) is 11.6 Å². The number of halogens is 4. The van der Waals surface area contributed by atoms with Gasteiger partial charge in [0.15, 0.2) is 0 Å². The van der Waals surface area contributed by atoms with Gasteiger partial charge < -0.3 is 10.4 Å². The zero-order chi connectivity index (χ0) is 18.4. The summed E-state index contributed by atoms with van der Waals surface area (Å²) in [5.74, 6) is 0.271. The Morgan fingerprint density at radius 1 is 1.52 bits per heavy atom. The van der Waals surface area contributed by atoms with Crippen LogP contribution in [0.15, 0.2) is 29.5 Å². The fourth-order valence-corrected chi connectivity index (χ4v) is 3.18. The van der Waals surface area contributed by atoms with E-state index in [0.29, 0.717) is 0 Å². The second-order valence-corrected chi connectivity index (χ2v) is 6.17. The Balaban J connectivity index is 2.12. The van der Waals surface area contributed by atoms with Crippen LogP contribution in [0.25, 0.3) is 0 Å². The number of anilines is 2. The van der Waals surface area contributed by atoms with Gasteiger partial charge in [-0.2, -0.15) is 13.2 Å². The Hall–Kier alpha value is -2.17. The topological polar surface area (TPSA) is 92.1 Å². The molecule has 0 saturated carbocycles. The molecule has 1 aliphatic heterocycles. The van der Waals surface area contributed by atoms with Gasteiger partial charge in [-0.3, -0.25) is 14.7 Å². The Morgan fingerprint density at radius 2 is 2.24 bits per heavy atom. The fourth-order valence-electron chi connectivity index (χ4n) is 2.88. The molecule has 0 radical (unpaired) electrons. The number of aliphatic hydroxyl groups excluding tert-OH is 1. The van der Waals surface area contributed by atoms with Gasteiger partial charge >= 0.3 is 6.18 Å². The highest BCUT2D eigenvalue weighted by molar-refractivity contribution is 6.31. The Morgan fingerprint density at radius 3 is 2.84 bits per heavy atom. The number of aromatic nitrogens is 3. The number of aliphatic hydroxyl groups is 1. The molecule has 3 rings (SSSR count). The van der Waals surface area contributed by atoms with Crippen molar-refractivity contribution in [3.63, 3.8) is 0 Å². The van der Waals surface area contributed by atoms with E-state index in [0.717, 1.165) is 4.57 Å². The SMILES string of the molecule is CC1(CC(F)(F)F)NC(O)c2c(Cl)cc(Nc3ccncn3)c(=O)n21. The average molecular weight is 376 g/mol. The third-order valence-corrected chi connectivity index (χ3v) is 4.08. The van der Waals surface area contributed by atoms with Crippen LogP contribution in [-0.2, 0) is 5.66 Å². The highest BCUT2D eigenvalue weighted by atomic mass is 35.5. The molecule has 0 bridgehead atoms. The van der Waals surface area contributed by atoms with Gasteiger partial charge in [-0.25, -0.2) is 9.97 Å². The summed E-state index contributed by atoms with van der Waals surface area (Å²) in [7, 11) is 0. The van der Waals surface area contributed by atoms with Crippen LogP contribution in [0, 0.1) is 0 Å². The highest BCUT2D eigenvalue weighted by Gasteiger charge is 2.48. The van der Waals surface area contributed by atoms with Gasteiger partial charge in [0.25, 0.3) is 5.56 Å². The van der Waals surface area contributed by atoms with Gasteiger partial charge in [0.05, 0.1) is 17.1 Å². The summed E-state index contributed by atoms with van der Waals surface area (Å²) >= 11 is 6.09. The normalized spacial score (nSPS) is 22.7. The maximum Gasteiger partial charge on any atom is 0.392 e. The molecule has 2 aromatic heterocycles. The first-order valence-corrected chi connectivity index (χ1v) is 7.50. The summed E-state index contributed by atoms with van der Waals surface area (Å²) < 4.78 is 39.7. The van der Waals surface area contributed by atoms with Crippen molar-refractivity contribution in [3.8, 4) is 0 Å². The van der Waals surface area contributed by atoms with E-state index in [1.165, 1.54) is 31.6 Å². The Bertz CT molecular complexity index is 858. The van der Waals surface area contributed by atoms with Crippen molar-refractivity contribution >= 4 is 23.1 Å². The van der Waals surface area contributed by atoms with E-state index >= 15 is 0 Å². The lowest BCUT2D eigenvalue weighted by atomic mass is 10.1. The molecule has 3 heterocycles. The molecule has 0 fully saturated rings. The van der Waals surface area contributed by atoms with Crippen LogP contribution in [0.4, 0.5) is 24.7 Å². The van der Waals surface area contributed by atoms with E-state index in [1.807, 2.05) is 0 Å². The number of hydrogen-bond acceptors (Lipinski definition) is 6. The number of pyridine rings is 1. The molecule has 11 heteroatoms. The van der Waals surface area contributed by atoms with Gasteiger partial charge in [0, 0.05) is 6.20 Å². The minimum atomic E-state index is -4.56. The summed E-state index contributed by atoms with van der Waals surface area (Å²) in [6.45, 7) is 1.17. The molecule has 2 aromatic rings. The van der Waals surface area contributed by atoms with Gasteiger partial charge in [0.1, 0.15) is 29.7 Å².